The fraction of sp³-hybridized carbons (Fsp3) is 0.867. The van der Waals surface area contributed by atoms with E-state index in [0.717, 1.165) is 17.5 Å². The maximum Gasteiger partial charge on any atom is 0.205 e. The van der Waals surface area contributed by atoms with Crippen molar-refractivity contribution in [2.45, 2.75) is 70.4 Å². The Bertz CT molecular complexity index is 445. The maximum absolute atomic E-state index is 4.83. The third-order valence-corrected chi connectivity index (χ3v) is 5.20. The number of rotatable bonds is 2. The number of piperidine rings is 1. The van der Waals surface area contributed by atoms with Gasteiger partial charge in [-0.1, -0.05) is 20.8 Å². The van der Waals surface area contributed by atoms with E-state index >= 15 is 0 Å². The summed E-state index contributed by atoms with van der Waals surface area (Å²) in [6, 6.07) is 1.27. The van der Waals surface area contributed by atoms with E-state index in [9.17, 15) is 0 Å². The topological polar surface area (TPSA) is 41.1 Å². The summed E-state index contributed by atoms with van der Waals surface area (Å²) in [7, 11) is 0. The van der Waals surface area contributed by atoms with Crippen LogP contribution in [0.25, 0.3) is 0 Å². The molecule has 2 fully saturated rings. The van der Waals surface area contributed by atoms with E-state index in [1.165, 1.54) is 38.6 Å². The average Bonchev–Trinajstić information content (AvgIpc) is 3.10. The molecule has 2 aliphatic heterocycles. The Morgan fingerprint density at radius 2 is 2.05 bits per heavy atom. The van der Waals surface area contributed by atoms with Crippen LogP contribution in [0.5, 0.6) is 0 Å². The van der Waals surface area contributed by atoms with Crippen molar-refractivity contribution in [1.82, 2.24) is 14.7 Å². The summed E-state index contributed by atoms with van der Waals surface area (Å²) in [4.78, 5) is 7.36. The molecule has 1 aromatic rings. The second-order valence-corrected chi connectivity index (χ2v) is 7.84. The molecule has 2 unspecified atom stereocenters. The highest BCUT2D eigenvalue weighted by molar-refractivity contribution is 7.09. The van der Waals surface area contributed by atoms with Crippen LogP contribution in [-0.4, -0.2) is 34.5 Å². The van der Waals surface area contributed by atoms with Crippen LogP contribution in [-0.2, 0) is 5.41 Å². The van der Waals surface area contributed by atoms with Crippen molar-refractivity contribution in [2.24, 2.45) is 0 Å². The lowest BCUT2D eigenvalue weighted by Crippen LogP contribution is -2.50. The van der Waals surface area contributed by atoms with E-state index < -0.39 is 0 Å². The van der Waals surface area contributed by atoms with Crippen molar-refractivity contribution < 1.29 is 0 Å². The number of anilines is 1. The van der Waals surface area contributed by atoms with Crippen LogP contribution in [0, 0.1) is 0 Å². The quantitative estimate of drug-likeness (QED) is 0.910. The highest BCUT2D eigenvalue weighted by atomic mass is 32.1. The fourth-order valence-corrected chi connectivity index (χ4v) is 4.23. The zero-order chi connectivity index (χ0) is 14.2. The molecular weight excluding hydrogens is 268 g/mol. The van der Waals surface area contributed by atoms with E-state index in [0.29, 0.717) is 12.1 Å². The molecule has 112 valence electrons. The average molecular weight is 294 g/mol. The second-order valence-electron chi connectivity index (χ2n) is 7.11. The normalized spacial score (nSPS) is 28.1. The molecule has 20 heavy (non-hydrogen) atoms. The minimum absolute atomic E-state index is 0.0473. The van der Waals surface area contributed by atoms with E-state index in [1.54, 1.807) is 11.5 Å². The van der Waals surface area contributed by atoms with E-state index in [1.807, 2.05) is 0 Å². The number of nitrogens with zero attached hydrogens (tertiary/aromatic N) is 3. The third-order valence-electron chi connectivity index (χ3n) is 4.44. The van der Waals surface area contributed by atoms with Gasteiger partial charge in [0.1, 0.15) is 5.82 Å². The van der Waals surface area contributed by atoms with Gasteiger partial charge in [0.2, 0.25) is 5.13 Å². The summed E-state index contributed by atoms with van der Waals surface area (Å²) in [5, 5.41) is 4.81. The molecular formula is C15H26N4S. The summed E-state index contributed by atoms with van der Waals surface area (Å²) < 4.78 is 4.59. The van der Waals surface area contributed by atoms with Gasteiger partial charge in [0.15, 0.2) is 0 Å². The van der Waals surface area contributed by atoms with Crippen LogP contribution in [0.4, 0.5) is 5.13 Å². The van der Waals surface area contributed by atoms with Gasteiger partial charge in [0, 0.05) is 35.6 Å². The molecule has 2 aliphatic rings. The molecule has 0 amide bonds. The van der Waals surface area contributed by atoms with Gasteiger partial charge in [-0.15, -0.1) is 0 Å². The summed E-state index contributed by atoms with van der Waals surface area (Å²) in [5.41, 5.74) is 0.0473. The molecule has 1 aromatic heterocycles. The summed E-state index contributed by atoms with van der Waals surface area (Å²) >= 11 is 1.58. The summed E-state index contributed by atoms with van der Waals surface area (Å²) in [6.07, 6.45) is 6.56. The van der Waals surface area contributed by atoms with Crippen LogP contribution < -0.4 is 10.2 Å². The smallest absolute Gasteiger partial charge is 0.205 e. The number of hydrogen-bond donors (Lipinski definition) is 1. The van der Waals surface area contributed by atoms with Crippen molar-refractivity contribution in [1.29, 1.82) is 0 Å². The molecule has 2 saturated heterocycles. The number of hydrogen-bond acceptors (Lipinski definition) is 5. The first-order valence-electron chi connectivity index (χ1n) is 7.90. The highest BCUT2D eigenvalue weighted by Gasteiger charge is 2.33. The first-order chi connectivity index (χ1) is 9.55. The van der Waals surface area contributed by atoms with Gasteiger partial charge < -0.3 is 10.2 Å². The minimum atomic E-state index is 0.0473. The Labute approximate surface area is 126 Å². The lowest BCUT2D eigenvalue weighted by Gasteiger charge is -2.39. The largest absolute Gasteiger partial charge is 0.342 e. The third kappa shape index (κ3) is 2.84. The molecule has 0 bridgehead atoms. The molecule has 1 N–H and O–H groups in total. The Balaban J connectivity index is 1.80. The molecule has 4 nitrogen and oxygen atoms in total. The molecule has 0 spiro atoms. The van der Waals surface area contributed by atoms with Crippen LogP contribution in [0.1, 0.15) is 58.7 Å². The number of aromatic nitrogens is 2. The minimum Gasteiger partial charge on any atom is -0.342 e. The predicted octanol–water partition coefficient (Wildman–Crippen LogP) is 2.95. The molecule has 3 heterocycles. The van der Waals surface area contributed by atoms with E-state index in [4.69, 9.17) is 4.98 Å². The zero-order valence-corrected chi connectivity index (χ0v) is 13.7. The monoisotopic (exact) mass is 294 g/mol. The molecule has 2 atom stereocenters. The fourth-order valence-electron chi connectivity index (χ4n) is 3.29. The molecule has 0 aliphatic carbocycles. The lowest BCUT2D eigenvalue weighted by atomic mass is 9.95. The SMILES string of the molecule is CC(C)(C)c1nsc(N2CCCCC2C2CCCN2)n1. The Hall–Kier alpha value is -0.680. The van der Waals surface area contributed by atoms with Crippen molar-refractivity contribution in [3.8, 4) is 0 Å². The lowest BCUT2D eigenvalue weighted by molar-refractivity contribution is 0.377. The summed E-state index contributed by atoms with van der Waals surface area (Å²) in [5.74, 6) is 0.987. The molecule has 0 saturated carbocycles. The first-order valence-corrected chi connectivity index (χ1v) is 8.67. The molecule has 5 heteroatoms. The van der Waals surface area contributed by atoms with Crippen LogP contribution in [0.2, 0.25) is 0 Å². The maximum atomic E-state index is 4.83. The molecule has 3 rings (SSSR count). The second kappa shape index (κ2) is 5.60. The van der Waals surface area contributed by atoms with Crippen LogP contribution in [0.15, 0.2) is 0 Å². The van der Waals surface area contributed by atoms with Gasteiger partial charge in [-0.2, -0.15) is 4.37 Å². The van der Waals surface area contributed by atoms with Gasteiger partial charge in [-0.3, -0.25) is 0 Å². The predicted molar refractivity (Wildman–Crippen MR) is 84.6 cm³/mol. The van der Waals surface area contributed by atoms with Crippen molar-refractivity contribution >= 4 is 16.7 Å². The van der Waals surface area contributed by atoms with Crippen molar-refractivity contribution in [3.05, 3.63) is 5.82 Å². The zero-order valence-electron chi connectivity index (χ0n) is 12.9. The van der Waals surface area contributed by atoms with E-state index in [2.05, 4.69) is 35.4 Å². The molecule has 0 radical (unpaired) electrons. The standard InChI is InChI=1S/C15H26N4S/c1-15(2,3)13-17-14(20-18-13)19-10-5-4-8-12(19)11-7-6-9-16-11/h11-12,16H,4-10H2,1-3H3. The van der Waals surface area contributed by atoms with Gasteiger partial charge >= 0.3 is 0 Å². The highest BCUT2D eigenvalue weighted by Crippen LogP contribution is 2.32. The van der Waals surface area contributed by atoms with Gasteiger partial charge in [-0.25, -0.2) is 4.98 Å². The van der Waals surface area contributed by atoms with Gasteiger partial charge in [-0.05, 0) is 38.6 Å². The van der Waals surface area contributed by atoms with Gasteiger partial charge in [0.05, 0.1) is 0 Å². The van der Waals surface area contributed by atoms with E-state index in [-0.39, 0.29) is 5.41 Å². The molecule has 0 aromatic carbocycles. The first kappa shape index (κ1) is 14.3. The van der Waals surface area contributed by atoms with Crippen molar-refractivity contribution in [2.75, 3.05) is 18.0 Å². The van der Waals surface area contributed by atoms with Gasteiger partial charge in [0.25, 0.3) is 0 Å². The Kier molecular flexibility index (Phi) is 4.00. The Morgan fingerprint density at radius 1 is 1.20 bits per heavy atom. The van der Waals surface area contributed by atoms with Crippen molar-refractivity contribution in [3.63, 3.8) is 0 Å². The Morgan fingerprint density at radius 3 is 2.70 bits per heavy atom. The van der Waals surface area contributed by atoms with Crippen LogP contribution in [0.3, 0.4) is 0 Å². The number of nitrogens with one attached hydrogen (secondary N) is 1. The summed E-state index contributed by atoms with van der Waals surface area (Å²) in [6.45, 7) is 8.88. The van der Waals surface area contributed by atoms with Crippen LogP contribution >= 0.6 is 11.5 Å².